The molecular weight excluding hydrogens is 279 g/mol. The molecule has 2 rings (SSSR count). The molecule has 5 nitrogen and oxygen atoms in total. The van der Waals surface area contributed by atoms with Crippen molar-refractivity contribution in [1.82, 2.24) is 10.3 Å². The third-order valence-electron chi connectivity index (χ3n) is 3.03. The summed E-state index contributed by atoms with van der Waals surface area (Å²) in [4.78, 5) is 26.8. The number of rotatable bonds is 3. The fourth-order valence-electron chi connectivity index (χ4n) is 1.76. The lowest BCUT2D eigenvalue weighted by Gasteiger charge is -2.38. The lowest BCUT2D eigenvalue weighted by Crippen LogP contribution is -2.59. The molecular formula is C11H10Cl2N2O3. The van der Waals surface area contributed by atoms with Crippen LogP contribution in [0, 0.1) is 0 Å². The highest BCUT2D eigenvalue weighted by molar-refractivity contribution is 6.41. The number of carboxylic acids is 1. The summed E-state index contributed by atoms with van der Waals surface area (Å²) in [5.74, 6) is -1.53. The predicted octanol–water partition coefficient (Wildman–Crippen LogP) is 2.13. The Hall–Kier alpha value is -1.33. The molecule has 0 radical (unpaired) electrons. The highest BCUT2D eigenvalue weighted by Gasteiger charge is 2.45. The van der Waals surface area contributed by atoms with Crippen molar-refractivity contribution in [2.24, 2.45) is 0 Å². The summed E-state index contributed by atoms with van der Waals surface area (Å²) < 4.78 is 0. The zero-order valence-corrected chi connectivity index (χ0v) is 10.8. The summed E-state index contributed by atoms with van der Waals surface area (Å²) in [5.41, 5.74) is -0.958. The maximum Gasteiger partial charge on any atom is 0.329 e. The molecule has 1 aromatic rings. The number of nitrogens with one attached hydrogen (secondary N) is 1. The van der Waals surface area contributed by atoms with Gasteiger partial charge in [0.25, 0.3) is 5.91 Å². The van der Waals surface area contributed by atoms with Gasteiger partial charge in [0, 0.05) is 6.20 Å². The number of halogens is 2. The molecule has 0 unspecified atom stereocenters. The van der Waals surface area contributed by atoms with E-state index in [9.17, 15) is 9.59 Å². The van der Waals surface area contributed by atoms with Crippen LogP contribution in [0.2, 0.25) is 10.2 Å². The lowest BCUT2D eigenvalue weighted by atomic mass is 9.76. The first-order valence-electron chi connectivity index (χ1n) is 5.31. The number of hydrogen-bond donors (Lipinski definition) is 2. The number of carboxylic acid groups (broad SMARTS) is 1. The van der Waals surface area contributed by atoms with E-state index < -0.39 is 17.4 Å². The fourth-order valence-corrected chi connectivity index (χ4v) is 2.03. The number of hydrogen-bond acceptors (Lipinski definition) is 3. The summed E-state index contributed by atoms with van der Waals surface area (Å²) >= 11 is 11.4. The number of pyridine rings is 1. The van der Waals surface area contributed by atoms with Crippen LogP contribution in [-0.4, -0.2) is 27.5 Å². The van der Waals surface area contributed by atoms with E-state index in [1.807, 2.05) is 0 Å². The van der Waals surface area contributed by atoms with Crippen molar-refractivity contribution in [3.05, 3.63) is 28.0 Å². The number of nitrogens with zero attached hydrogens (tertiary/aromatic N) is 1. The van der Waals surface area contributed by atoms with Gasteiger partial charge in [-0.05, 0) is 25.3 Å². The molecule has 0 spiro atoms. The summed E-state index contributed by atoms with van der Waals surface area (Å²) in [6.07, 6.45) is 2.91. The van der Waals surface area contributed by atoms with Gasteiger partial charge in [-0.25, -0.2) is 9.78 Å². The Labute approximate surface area is 113 Å². The molecule has 0 aliphatic heterocycles. The highest BCUT2D eigenvalue weighted by Crippen LogP contribution is 2.32. The minimum atomic E-state index is -1.15. The summed E-state index contributed by atoms with van der Waals surface area (Å²) in [7, 11) is 0. The minimum absolute atomic E-state index is 0.102. The Bertz CT molecular complexity index is 515. The third kappa shape index (κ3) is 2.28. The van der Waals surface area contributed by atoms with E-state index in [0.29, 0.717) is 12.8 Å². The summed E-state index contributed by atoms with van der Waals surface area (Å²) in [5, 5.41) is 11.9. The predicted molar refractivity (Wildman–Crippen MR) is 65.9 cm³/mol. The first-order valence-corrected chi connectivity index (χ1v) is 6.07. The van der Waals surface area contributed by atoms with Crippen LogP contribution in [0.25, 0.3) is 0 Å². The zero-order chi connectivity index (χ0) is 13.3. The van der Waals surface area contributed by atoms with Crippen molar-refractivity contribution in [3.8, 4) is 0 Å². The quantitative estimate of drug-likeness (QED) is 0.835. The largest absolute Gasteiger partial charge is 0.480 e. The van der Waals surface area contributed by atoms with Gasteiger partial charge in [-0.2, -0.15) is 0 Å². The topological polar surface area (TPSA) is 79.3 Å². The van der Waals surface area contributed by atoms with Gasteiger partial charge in [0.2, 0.25) is 0 Å². The van der Waals surface area contributed by atoms with Gasteiger partial charge < -0.3 is 10.4 Å². The minimum Gasteiger partial charge on any atom is -0.480 e. The van der Waals surface area contributed by atoms with Gasteiger partial charge >= 0.3 is 5.97 Å². The second-order valence-corrected chi connectivity index (χ2v) is 4.96. The van der Waals surface area contributed by atoms with Crippen LogP contribution in [0.5, 0.6) is 0 Å². The van der Waals surface area contributed by atoms with Crippen LogP contribution in [0.3, 0.4) is 0 Å². The highest BCUT2D eigenvalue weighted by atomic mass is 35.5. The van der Waals surface area contributed by atoms with E-state index in [4.69, 9.17) is 28.3 Å². The lowest BCUT2D eigenvalue weighted by molar-refractivity contribution is -0.148. The average Bonchev–Trinajstić information content (AvgIpc) is 2.26. The van der Waals surface area contributed by atoms with E-state index in [0.717, 1.165) is 6.42 Å². The van der Waals surface area contributed by atoms with Gasteiger partial charge in [0.05, 0.1) is 10.6 Å². The first kappa shape index (κ1) is 13.1. The van der Waals surface area contributed by atoms with Gasteiger partial charge in [0.1, 0.15) is 10.7 Å². The molecule has 18 heavy (non-hydrogen) atoms. The van der Waals surface area contributed by atoms with Crippen LogP contribution in [0.4, 0.5) is 0 Å². The normalized spacial score (nSPS) is 16.8. The molecule has 1 aliphatic rings. The maximum atomic E-state index is 11.9. The number of amides is 1. The van der Waals surface area contributed by atoms with Crippen molar-refractivity contribution in [2.45, 2.75) is 24.8 Å². The van der Waals surface area contributed by atoms with Crippen LogP contribution in [-0.2, 0) is 4.79 Å². The van der Waals surface area contributed by atoms with E-state index >= 15 is 0 Å². The molecule has 0 atom stereocenters. The number of carbonyl (C=O) groups excluding carboxylic acids is 1. The van der Waals surface area contributed by atoms with E-state index in [2.05, 4.69) is 10.3 Å². The molecule has 1 amide bonds. The Morgan fingerprint density at radius 1 is 1.39 bits per heavy atom. The summed E-state index contributed by atoms with van der Waals surface area (Å²) in [6.45, 7) is 0. The first-order chi connectivity index (χ1) is 8.44. The molecule has 0 bridgehead atoms. The molecule has 1 aliphatic carbocycles. The number of aromatic nitrogens is 1. The van der Waals surface area contributed by atoms with E-state index in [-0.39, 0.29) is 15.7 Å². The maximum absolute atomic E-state index is 11.9. The molecule has 1 aromatic heterocycles. The fraction of sp³-hybridized carbons (Fsp3) is 0.364. The van der Waals surface area contributed by atoms with Crippen LogP contribution < -0.4 is 5.32 Å². The smallest absolute Gasteiger partial charge is 0.329 e. The van der Waals surface area contributed by atoms with Crippen molar-refractivity contribution in [1.29, 1.82) is 0 Å². The standard InChI is InChI=1S/C11H10Cl2N2O3/c12-7-4-6(5-14-8(7)13)9(16)15-11(10(17)18)2-1-3-11/h4-5H,1-3H2,(H,15,16)(H,17,18). The monoisotopic (exact) mass is 288 g/mol. The molecule has 1 heterocycles. The van der Waals surface area contributed by atoms with Crippen molar-refractivity contribution in [3.63, 3.8) is 0 Å². The van der Waals surface area contributed by atoms with Crippen LogP contribution >= 0.6 is 23.2 Å². The van der Waals surface area contributed by atoms with Gasteiger partial charge in [-0.1, -0.05) is 23.2 Å². The molecule has 0 saturated heterocycles. The third-order valence-corrected chi connectivity index (χ3v) is 3.71. The molecule has 1 saturated carbocycles. The average molecular weight is 289 g/mol. The van der Waals surface area contributed by atoms with Crippen LogP contribution in [0.1, 0.15) is 29.6 Å². The number of carbonyl (C=O) groups is 2. The Balaban J connectivity index is 2.17. The van der Waals surface area contributed by atoms with E-state index in [1.54, 1.807) is 0 Å². The second kappa shape index (κ2) is 4.74. The second-order valence-electron chi connectivity index (χ2n) is 4.19. The number of aliphatic carboxylic acids is 1. The van der Waals surface area contributed by atoms with E-state index in [1.165, 1.54) is 12.3 Å². The molecule has 7 heteroatoms. The zero-order valence-electron chi connectivity index (χ0n) is 9.24. The van der Waals surface area contributed by atoms with Gasteiger partial charge in [-0.15, -0.1) is 0 Å². The Morgan fingerprint density at radius 2 is 2.06 bits per heavy atom. The van der Waals surface area contributed by atoms with Crippen molar-refractivity contribution in [2.75, 3.05) is 0 Å². The molecule has 0 aromatic carbocycles. The molecule has 1 fully saturated rings. The SMILES string of the molecule is O=C(NC1(C(=O)O)CCC1)c1cnc(Cl)c(Cl)c1. The van der Waals surface area contributed by atoms with Crippen molar-refractivity contribution >= 4 is 35.1 Å². The molecule has 2 N–H and O–H groups in total. The van der Waals surface area contributed by atoms with Crippen LogP contribution in [0.15, 0.2) is 12.3 Å². The van der Waals surface area contributed by atoms with Gasteiger partial charge in [-0.3, -0.25) is 4.79 Å². The molecule has 96 valence electrons. The Morgan fingerprint density at radius 3 is 2.50 bits per heavy atom. The summed E-state index contributed by atoms with van der Waals surface area (Å²) in [6, 6.07) is 1.36. The Kier molecular flexibility index (Phi) is 3.45. The van der Waals surface area contributed by atoms with Gasteiger partial charge in [0.15, 0.2) is 0 Å². The van der Waals surface area contributed by atoms with Crippen molar-refractivity contribution < 1.29 is 14.7 Å².